The van der Waals surface area contributed by atoms with Gasteiger partial charge in [-0.2, -0.15) is 5.26 Å². The van der Waals surface area contributed by atoms with Gasteiger partial charge in [0.15, 0.2) is 6.10 Å². The molecule has 1 unspecified atom stereocenters. The monoisotopic (exact) mass is 262 g/mol. The fourth-order valence-electron chi connectivity index (χ4n) is 1.24. The van der Waals surface area contributed by atoms with Gasteiger partial charge in [0, 0.05) is 0 Å². The van der Waals surface area contributed by atoms with Crippen LogP contribution in [0.15, 0.2) is 18.2 Å². The molecule has 1 aromatic rings. The highest BCUT2D eigenvalue weighted by atomic mass is 35.5. The Morgan fingerprint density at radius 3 is 3.00 bits per heavy atom. The molecule has 0 radical (unpaired) electrons. The molecular weight excluding hydrogens is 252 g/mol. The molecule has 0 aliphatic carbocycles. The quantitative estimate of drug-likeness (QED) is 0.841. The number of terminal acetylenes is 1. The molecule has 1 N–H and O–H groups in total. The molecule has 5 heteroatoms. The third-order valence-corrected chi connectivity index (χ3v) is 2.44. The number of halogens is 1. The highest BCUT2D eigenvalue weighted by molar-refractivity contribution is 6.31. The Morgan fingerprint density at radius 2 is 2.39 bits per heavy atom. The van der Waals surface area contributed by atoms with Gasteiger partial charge in [0.25, 0.3) is 5.91 Å². The average molecular weight is 263 g/mol. The van der Waals surface area contributed by atoms with Gasteiger partial charge < -0.3 is 10.1 Å². The Morgan fingerprint density at radius 1 is 1.67 bits per heavy atom. The SMILES string of the molecule is C#CCNC(=O)C(C)Oc1cccc(Cl)c1C#N. The first-order valence-corrected chi connectivity index (χ1v) is 5.54. The van der Waals surface area contributed by atoms with Gasteiger partial charge in [0.1, 0.15) is 17.4 Å². The molecule has 18 heavy (non-hydrogen) atoms. The first kappa shape index (κ1) is 13.9. The fraction of sp³-hybridized carbons (Fsp3) is 0.231. The Kier molecular flexibility index (Phi) is 5.05. The number of carbonyl (C=O) groups excluding carboxylic acids is 1. The average Bonchev–Trinajstić information content (AvgIpc) is 2.36. The summed E-state index contributed by atoms with van der Waals surface area (Å²) in [7, 11) is 0. The lowest BCUT2D eigenvalue weighted by atomic mass is 10.2. The van der Waals surface area contributed by atoms with Crippen molar-refractivity contribution in [1.82, 2.24) is 5.32 Å². The Bertz CT molecular complexity index is 529. The zero-order chi connectivity index (χ0) is 13.5. The van der Waals surface area contributed by atoms with Crippen LogP contribution in [0.3, 0.4) is 0 Å². The van der Waals surface area contributed by atoms with Gasteiger partial charge in [-0.1, -0.05) is 23.6 Å². The lowest BCUT2D eigenvalue weighted by Crippen LogP contribution is -2.36. The van der Waals surface area contributed by atoms with Crippen LogP contribution in [0, 0.1) is 23.7 Å². The molecule has 4 nitrogen and oxygen atoms in total. The molecule has 0 fully saturated rings. The Labute approximate surface area is 111 Å². The van der Waals surface area contributed by atoms with Crippen LogP contribution in [-0.2, 0) is 4.79 Å². The smallest absolute Gasteiger partial charge is 0.261 e. The van der Waals surface area contributed by atoms with Crippen molar-refractivity contribution in [3.8, 4) is 24.2 Å². The van der Waals surface area contributed by atoms with Crippen molar-refractivity contribution >= 4 is 17.5 Å². The van der Waals surface area contributed by atoms with Crippen LogP contribution < -0.4 is 10.1 Å². The molecule has 0 aliphatic heterocycles. The molecule has 0 spiro atoms. The number of nitriles is 1. The molecule has 1 aromatic carbocycles. The summed E-state index contributed by atoms with van der Waals surface area (Å²) in [5.74, 6) is 2.21. The number of nitrogens with zero attached hydrogens (tertiary/aromatic N) is 1. The number of hydrogen-bond donors (Lipinski definition) is 1. The van der Waals surface area contributed by atoms with E-state index in [-0.39, 0.29) is 28.8 Å². The third kappa shape index (κ3) is 3.41. The van der Waals surface area contributed by atoms with Gasteiger partial charge in [-0.05, 0) is 19.1 Å². The van der Waals surface area contributed by atoms with Crippen LogP contribution >= 0.6 is 11.6 Å². The maximum atomic E-state index is 11.5. The normalized spacial score (nSPS) is 10.9. The number of benzene rings is 1. The minimum absolute atomic E-state index is 0.132. The predicted molar refractivity (Wildman–Crippen MR) is 68.1 cm³/mol. The van der Waals surface area contributed by atoms with Gasteiger partial charge in [-0.25, -0.2) is 0 Å². The van der Waals surface area contributed by atoms with E-state index >= 15 is 0 Å². The van der Waals surface area contributed by atoms with Gasteiger partial charge in [0.2, 0.25) is 0 Å². The summed E-state index contributed by atoms with van der Waals surface area (Å²) >= 11 is 5.85. The third-order valence-electron chi connectivity index (χ3n) is 2.12. The van der Waals surface area contributed by atoms with E-state index in [4.69, 9.17) is 28.0 Å². The van der Waals surface area contributed by atoms with Crippen LogP contribution in [0.2, 0.25) is 5.02 Å². The van der Waals surface area contributed by atoms with E-state index < -0.39 is 6.10 Å². The van der Waals surface area contributed by atoms with Crippen LogP contribution in [-0.4, -0.2) is 18.6 Å². The largest absolute Gasteiger partial charge is 0.479 e. The second-order valence-corrected chi connectivity index (χ2v) is 3.81. The van der Waals surface area contributed by atoms with Crippen molar-refractivity contribution in [1.29, 1.82) is 5.26 Å². The number of ether oxygens (including phenoxy) is 1. The summed E-state index contributed by atoms with van der Waals surface area (Å²) in [6.45, 7) is 1.70. The zero-order valence-electron chi connectivity index (χ0n) is 9.74. The molecule has 0 saturated heterocycles. The van der Waals surface area contributed by atoms with Gasteiger partial charge >= 0.3 is 0 Å². The minimum atomic E-state index is -0.760. The number of hydrogen-bond acceptors (Lipinski definition) is 3. The van der Waals surface area contributed by atoms with Gasteiger partial charge in [-0.15, -0.1) is 6.42 Å². The molecule has 1 amide bonds. The van der Waals surface area contributed by atoms with Crippen LogP contribution in [0.25, 0.3) is 0 Å². The summed E-state index contributed by atoms with van der Waals surface area (Å²) in [5.41, 5.74) is 0.204. The molecular formula is C13H11ClN2O2. The zero-order valence-corrected chi connectivity index (χ0v) is 10.5. The van der Waals surface area contributed by atoms with E-state index in [9.17, 15) is 4.79 Å². The number of nitrogens with one attached hydrogen (secondary N) is 1. The summed E-state index contributed by atoms with van der Waals surface area (Å²) < 4.78 is 5.39. The van der Waals surface area contributed by atoms with E-state index in [1.165, 1.54) is 0 Å². The minimum Gasteiger partial charge on any atom is -0.479 e. The van der Waals surface area contributed by atoms with Crippen LogP contribution in [0.1, 0.15) is 12.5 Å². The number of carbonyl (C=O) groups is 1. The molecule has 1 rings (SSSR count). The van der Waals surface area contributed by atoms with Gasteiger partial charge in [-0.3, -0.25) is 4.79 Å². The molecule has 92 valence electrons. The molecule has 0 bridgehead atoms. The van der Waals surface area contributed by atoms with E-state index in [2.05, 4.69) is 11.2 Å². The first-order valence-electron chi connectivity index (χ1n) is 5.16. The molecule has 1 atom stereocenters. The second kappa shape index (κ2) is 6.54. The Hall–Kier alpha value is -2.17. The fourth-order valence-corrected chi connectivity index (χ4v) is 1.45. The Balaban J connectivity index is 2.80. The molecule has 0 aromatic heterocycles. The van der Waals surface area contributed by atoms with Gasteiger partial charge in [0.05, 0.1) is 11.6 Å². The number of rotatable bonds is 4. The highest BCUT2D eigenvalue weighted by Crippen LogP contribution is 2.26. The van der Waals surface area contributed by atoms with Crippen molar-refractivity contribution in [3.63, 3.8) is 0 Å². The van der Waals surface area contributed by atoms with E-state index in [0.29, 0.717) is 0 Å². The van der Waals surface area contributed by atoms with Crippen molar-refractivity contribution in [2.75, 3.05) is 6.54 Å². The summed E-state index contributed by atoms with van der Waals surface area (Å²) in [4.78, 5) is 11.5. The van der Waals surface area contributed by atoms with E-state index in [1.807, 2.05) is 6.07 Å². The molecule has 0 heterocycles. The molecule has 0 aliphatic rings. The van der Waals surface area contributed by atoms with Crippen molar-refractivity contribution in [2.24, 2.45) is 0 Å². The lowest BCUT2D eigenvalue weighted by molar-refractivity contribution is -0.127. The topological polar surface area (TPSA) is 62.1 Å². The van der Waals surface area contributed by atoms with Crippen molar-refractivity contribution in [2.45, 2.75) is 13.0 Å². The lowest BCUT2D eigenvalue weighted by Gasteiger charge is -2.15. The molecule has 0 saturated carbocycles. The highest BCUT2D eigenvalue weighted by Gasteiger charge is 2.16. The maximum Gasteiger partial charge on any atom is 0.261 e. The van der Waals surface area contributed by atoms with Crippen LogP contribution in [0.4, 0.5) is 0 Å². The maximum absolute atomic E-state index is 11.5. The van der Waals surface area contributed by atoms with Crippen molar-refractivity contribution in [3.05, 3.63) is 28.8 Å². The van der Waals surface area contributed by atoms with E-state index in [1.54, 1.807) is 25.1 Å². The number of amides is 1. The summed E-state index contributed by atoms with van der Waals surface area (Å²) in [6, 6.07) is 6.73. The second-order valence-electron chi connectivity index (χ2n) is 3.41. The van der Waals surface area contributed by atoms with E-state index in [0.717, 1.165) is 0 Å². The predicted octanol–water partition coefficient (Wildman–Crippen LogP) is 1.73. The standard InChI is InChI=1S/C13H11ClN2O2/c1-3-7-16-13(17)9(2)18-12-6-4-5-11(14)10(12)8-15/h1,4-6,9H,7H2,2H3,(H,16,17). The summed E-state index contributed by atoms with van der Waals surface area (Å²) in [5, 5.41) is 11.7. The van der Waals surface area contributed by atoms with Crippen LogP contribution in [0.5, 0.6) is 5.75 Å². The van der Waals surface area contributed by atoms with Crippen molar-refractivity contribution < 1.29 is 9.53 Å². The summed E-state index contributed by atoms with van der Waals surface area (Å²) in [6.07, 6.45) is 4.27. The first-order chi connectivity index (χ1) is 8.60.